The number of aryl methyl sites for hydroxylation is 1. The van der Waals surface area contributed by atoms with E-state index in [0.29, 0.717) is 11.3 Å². The molecule has 0 saturated heterocycles. The van der Waals surface area contributed by atoms with E-state index in [1.807, 2.05) is 48.9 Å². The molecule has 0 aliphatic rings. The van der Waals surface area contributed by atoms with Crippen molar-refractivity contribution >= 4 is 17.5 Å². The van der Waals surface area contributed by atoms with Crippen LogP contribution in [-0.2, 0) is 6.54 Å². The Hall–Kier alpha value is -3.39. The fraction of sp³-hybridized carbons (Fsp3) is 0.182. The van der Waals surface area contributed by atoms with Crippen LogP contribution in [0.4, 0.5) is 0 Å². The van der Waals surface area contributed by atoms with E-state index in [-0.39, 0.29) is 18.2 Å². The quantitative estimate of drug-likeness (QED) is 0.347. The predicted molar refractivity (Wildman–Crippen MR) is 115 cm³/mol. The Bertz CT molecular complexity index is 1270. The lowest BCUT2D eigenvalue weighted by atomic mass is 10.1. The number of carbonyl (C=O) groups is 1. The van der Waals surface area contributed by atoms with Crippen molar-refractivity contribution in [3.05, 3.63) is 82.2 Å². The molecule has 8 heteroatoms. The van der Waals surface area contributed by atoms with Gasteiger partial charge in [-0.25, -0.2) is 9.36 Å². The molecular weight excluding hydrogens is 400 g/mol. The zero-order valence-electron chi connectivity index (χ0n) is 16.8. The molecule has 0 aliphatic heterocycles. The summed E-state index contributed by atoms with van der Waals surface area (Å²) in [6.07, 6.45) is 3.62. The first kappa shape index (κ1) is 19.9. The van der Waals surface area contributed by atoms with E-state index in [1.165, 1.54) is 4.57 Å². The number of hydrogen-bond donors (Lipinski definition) is 0. The first-order valence-electron chi connectivity index (χ1n) is 9.34. The van der Waals surface area contributed by atoms with E-state index in [4.69, 9.17) is 4.52 Å². The third kappa shape index (κ3) is 3.61. The van der Waals surface area contributed by atoms with Gasteiger partial charge in [0.15, 0.2) is 5.78 Å². The number of hydrogen-bond acceptors (Lipinski definition) is 6. The van der Waals surface area contributed by atoms with Gasteiger partial charge in [-0.1, -0.05) is 17.3 Å². The van der Waals surface area contributed by atoms with Gasteiger partial charge in [0, 0.05) is 33.7 Å². The lowest BCUT2D eigenvalue weighted by molar-refractivity contribution is 0.0969. The van der Waals surface area contributed by atoms with Crippen molar-refractivity contribution in [3.8, 4) is 17.2 Å². The van der Waals surface area contributed by atoms with Crippen LogP contribution in [-0.4, -0.2) is 31.3 Å². The molecule has 0 unspecified atom stereocenters. The molecule has 0 N–H and O–H groups in total. The summed E-state index contributed by atoms with van der Waals surface area (Å²) in [7, 11) is 0. The molecule has 152 valence electrons. The number of ketones is 1. The van der Waals surface area contributed by atoms with E-state index >= 15 is 0 Å². The minimum Gasteiger partial charge on any atom is -0.318 e. The number of nitrogens with zero attached hydrogens (tertiary/aromatic N) is 4. The molecule has 0 saturated carbocycles. The van der Waals surface area contributed by atoms with E-state index in [2.05, 4.69) is 16.2 Å². The average Bonchev–Trinajstić information content (AvgIpc) is 3.27. The van der Waals surface area contributed by atoms with Crippen molar-refractivity contribution in [1.29, 1.82) is 0 Å². The van der Waals surface area contributed by atoms with E-state index in [9.17, 15) is 9.59 Å². The highest BCUT2D eigenvalue weighted by Gasteiger charge is 2.21. The van der Waals surface area contributed by atoms with Gasteiger partial charge in [-0.15, -0.1) is 11.8 Å². The van der Waals surface area contributed by atoms with Crippen LogP contribution in [0, 0.1) is 13.8 Å². The summed E-state index contributed by atoms with van der Waals surface area (Å²) in [5, 5.41) is 3.80. The van der Waals surface area contributed by atoms with E-state index in [1.54, 1.807) is 36.2 Å². The van der Waals surface area contributed by atoms with Gasteiger partial charge in [-0.05, 0) is 56.5 Å². The smallest absolute Gasteiger partial charge is 0.318 e. The number of aromatic nitrogens is 4. The highest BCUT2D eigenvalue weighted by atomic mass is 32.2. The van der Waals surface area contributed by atoms with Gasteiger partial charge in [0.1, 0.15) is 5.69 Å². The van der Waals surface area contributed by atoms with E-state index < -0.39 is 5.76 Å². The number of Topliss-reactive ketones (excluding diaryl/α,β-unsaturated/α-hetero) is 1. The standard InChI is InChI=1S/C22H20N4O3S/c1-14-11-18(15(2)26(14)16-7-6-8-17(12-16)30-3)20(27)13-25-21(24-29-22(25)28)19-9-4-5-10-23-19/h4-12H,13H2,1-3H3. The largest absolute Gasteiger partial charge is 0.442 e. The first-order valence-corrected chi connectivity index (χ1v) is 10.6. The minimum absolute atomic E-state index is 0.177. The number of rotatable bonds is 6. The third-order valence-electron chi connectivity index (χ3n) is 4.93. The molecule has 0 atom stereocenters. The maximum absolute atomic E-state index is 13.1. The molecule has 3 aromatic heterocycles. The van der Waals surface area contributed by atoms with Gasteiger partial charge >= 0.3 is 5.76 Å². The van der Waals surface area contributed by atoms with Crippen LogP contribution >= 0.6 is 11.8 Å². The third-order valence-corrected chi connectivity index (χ3v) is 5.65. The molecule has 0 spiro atoms. The summed E-state index contributed by atoms with van der Waals surface area (Å²) in [6.45, 7) is 3.69. The van der Waals surface area contributed by atoms with Gasteiger partial charge in [-0.2, -0.15) is 0 Å². The fourth-order valence-electron chi connectivity index (χ4n) is 3.51. The second-order valence-corrected chi connectivity index (χ2v) is 7.70. The minimum atomic E-state index is -0.689. The number of pyridine rings is 1. The maximum Gasteiger partial charge on any atom is 0.442 e. The van der Waals surface area contributed by atoms with Gasteiger partial charge in [-0.3, -0.25) is 14.3 Å². The Kier molecular flexibility index (Phi) is 5.41. The summed E-state index contributed by atoms with van der Waals surface area (Å²) in [4.78, 5) is 30.6. The normalized spacial score (nSPS) is 11.0. The summed E-state index contributed by atoms with van der Waals surface area (Å²) in [5.41, 5.74) is 3.78. The molecule has 3 heterocycles. The highest BCUT2D eigenvalue weighted by molar-refractivity contribution is 7.98. The Morgan fingerprint density at radius 2 is 1.97 bits per heavy atom. The molecule has 30 heavy (non-hydrogen) atoms. The van der Waals surface area contributed by atoms with Crippen LogP contribution in [0.1, 0.15) is 21.7 Å². The Morgan fingerprint density at radius 1 is 1.13 bits per heavy atom. The Balaban J connectivity index is 1.70. The van der Waals surface area contributed by atoms with Crippen molar-refractivity contribution < 1.29 is 9.32 Å². The SMILES string of the molecule is CSc1cccc(-n2c(C)cc(C(=O)Cn3c(-c4ccccn4)noc3=O)c2C)c1. The summed E-state index contributed by atoms with van der Waals surface area (Å²) in [5.74, 6) is -0.654. The molecule has 4 aromatic rings. The number of thioether (sulfide) groups is 1. The molecule has 0 aliphatic carbocycles. The van der Waals surface area contributed by atoms with Crippen molar-refractivity contribution in [2.24, 2.45) is 0 Å². The lowest BCUT2D eigenvalue weighted by Crippen LogP contribution is -2.21. The lowest BCUT2D eigenvalue weighted by Gasteiger charge is -2.11. The zero-order chi connectivity index (χ0) is 21.3. The fourth-order valence-corrected chi connectivity index (χ4v) is 3.96. The molecule has 4 rings (SSSR count). The van der Waals surface area contributed by atoms with Crippen molar-refractivity contribution in [1.82, 2.24) is 19.3 Å². The van der Waals surface area contributed by atoms with Crippen molar-refractivity contribution in [3.63, 3.8) is 0 Å². The second kappa shape index (κ2) is 8.16. The number of carbonyl (C=O) groups excluding carboxylic acids is 1. The topological polar surface area (TPSA) is 82.9 Å². The molecule has 0 radical (unpaired) electrons. The monoisotopic (exact) mass is 420 g/mol. The summed E-state index contributed by atoms with van der Waals surface area (Å²) < 4.78 is 8.06. The molecule has 7 nitrogen and oxygen atoms in total. The molecule has 0 bridgehead atoms. The van der Waals surface area contributed by atoms with Gasteiger partial charge in [0.25, 0.3) is 0 Å². The van der Waals surface area contributed by atoms with Crippen LogP contribution in [0.3, 0.4) is 0 Å². The molecular formula is C22H20N4O3S. The van der Waals surface area contributed by atoms with Gasteiger partial charge < -0.3 is 4.57 Å². The molecule has 0 amide bonds. The van der Waals surface area contributed by atoms with Crippen molar-refractivity contribution in [2.45, 2.75) is 25.3 Å². The predicted octanol–water partition coefficient (Wildman–Crippen LogP) is 3.91. The summed E-state index contributed by atoms with van der Waals surface area (Å²) >= 11 is 1.66. The van der Waals surface area contributed by atoms with Crippen LogP contribution in [0.15, 0.2) is 68.9 Å². The van der Waals surface area contributed by atoms with Crippen LogP contribution in [0.25, 0.3) is 17.2 Å². The van der Waals surface area contributed by atoms with Crippen LogP contribution in [0.2, 0.25) is 0 Å². The molecule has 1 aromatic carbocycles. The van der Waals surface area contributed by atoms with E-state index in [0.717, 1.165) is 22.0 Å². The zero-order valence-corrected chi connectivity index (χ0v) is 17.6. The number of benzene rings is 1. The van der Waals surface area contributed by atoms with Crippen molar-refractivity contribution in [2.75, 3.05) is 6.26 Å². The average molecular weight is 420 g/mol. The van der Waals surface area contributed by atoms with Crippen LogP contribution < -0.4 is 5.76 Å². The van der Waals surface area contributed by atoms with Gasteiger partial charge in [0.2, 0.25) is 5.82 Å². The first-order chi connectivity index (χ1) is 14.5. The Labute approximate surface area is 177 Å². The summed E-state index contributed by atoms with van der Waals surface area (Å²) in [6, 6.07) is 15.2. The Morgan fingerprint density at radius 3 is 2.70 bits per heavy atom. The van der Waals surface area contributed by atoms with Gasteiger partial charge in [0.05, 0.1) is 6.54 Å². The maximum atomic E-state index is 13.1. The highest BCUT2D eigenvalue weighted by Crippen LogP contribution is 2.25. The second-order valence-electron chi connectivity index (χ2n) is 6.82. The van der Waals surface area contributed by atoms with Crippen LogP contribution in [0.5, 0.6) is 0 Å². The molecule has 0 fully saturated rings.